The van der Waals surface area contributed by atoms with Crippen LogP contribution in [0.25, 0.3) is 0 Å². The van der Waals surface area contributed by atoms with Crippen LogP contribution in [-0.4, -0.2) is 42.6 Å². The molecule has 1 aliphatic heterocycles. The van der Waals surface area contributed by atoms with Crippen LogP contribution in [-0.2, 0) is 0 Å². The Hall–Kier alpha value is 0.400. The molecule has 1 heterocycles. The largest absolute Gasteiger partial charge is 0.290 e. The minimum Gasteiger partial charge on any atom is -0.290 e. The maximum Gasteiger partial charge on any atom is 0.0591 e. The zero-order valence-corrected chi connectivity index (χ0v) is 10.1. The maximum absolute atomic E-state index is 2.56. The number of halogens is 1. The molecule has 0 bridgehead atoms. The van der Waals surface area contributed by atoms with E-state index in [4.69, 9.17) is 0 Å². The van der Waals surface area contributed by atoms with Gasteiger partial charge in [0.15, 0.2) is 0 Å². The molecule has 0 radical (unpaired) electrons. The van der Waals surface area contributed by atoms with Gasteiger partial charge in [-0.05, 0) is 26.9 Å². The van der Waals surface area contributed by atoms with E-state index in [-0.39, 0.29) is 17.0 Å². The lowest BCUT2D eigenvalue weighted by atomic mass is 10.3. The van der Waals surface area contributed by atoms with Crippen LogP contribution in [0.1, 0.15) is 26.7 Å². The predicted octanol–water partition coefficient (Wildman–Crippen LogP) is 1.96. The molecule has 12 heavy (non-hydrogen) atoms. The topological polar surface area (TPSA) is 6.48 Å². The van der Waals surface area contributed by atoms with Crippen LogP contribution in [0.4, 0.5) is 0 Å². The van der Waals surface area contributed by atoms with Gasteiger partial charge >= 0.3 is 0 Å². The second-order valence-corrected chi connectivity index (χ2v) is 3.50. The second-order valence-electron chi connectivity index (χ2n) is 3.50. The van der Waals surface area contributed by atoms with Gasteiger partial charge in [-0.25, -0.2) is 0 Å². The van der Waals surface area contributed by atoms with E-state index in [1.165, 1.54) is 32.5 Å². The number of rotatable bonds is 3. The van der Waals surface area contributed by atoms with Crippen molar-refractivity contribution in [2.45, 2.75) is 32.9 Å². The minimum atomic E-state index is 0. The number of hydrogen-bond acceptors (Lipinski definition) is 2. The van der Waals surface area contributed by atoms with E-state index in [0.717, 1.165) is 0 Å². The van der Waals surface area contributed by atoms with Gasteiger partial charge in [0, 0.05) is 13.1 Å². The smallest absolute Gasteiger partial charge is 0.0591 e. The maximum atomic E-state index is 2.56. The quantitative estimate of drug-likeness (QED) is 0.740. The summed E-state index contributed by atoms with van der Waals surface area (Å²) in [5.74, 6) is 0. The summed E-state index contributed by atoms with van der Waals surface area (Å²) in [7, 11) is 2.20. The Kier molecular flexibility index (Phi) is 6.14. The Labute approximate surface area is 86.7 Å². The summed E-state index contributed by atoms with van der Waals surface area (Å²) in [5, 5.41) is 0. The molecular formula is C9H21BrN2. The van der Waals surface area contributed by atoms with E-state index in [2.05, 4.69) is 30.7 Å². The normalized spacial score (nSPS) is 25.8. The SMILES string of the molecule is Br.CCCCN1CCN(C)C1C. The first-order valence-electron chi connectivity index (χ1n) is 4.70. The highest BCUT2D eigenvalue weighted by atomic mass is 79.9. The molecule has 0 aromatic carbocycles. The van der Waals surface area contributed by atoms with Gasteiger partial charge in [-0.1, -0.05) is 13.3 Å². The van der Waals surface area contributed by atoms with Crippen LogP contribution in [0.2, 0.25) is 0 Å². The fraction of sp³-hybridized carbons (Fsp3) is 1.00. The van der Waals surface area contributed by atoms with E-state index < -0.39 is 0 Å². The van der Waals surface area contributed by atoms with Crippen molar-refractivity contribution in [3.05, 3.63) is 0 Å². The van der Waals surface area contributed by atoms with Gasteiger partial charge in [0.05, 0.1) is 6.17 Å². The Morgan fingerprint density at radius 1 is 1.33 bits per heavy atom. The van der Waals surface area contributed by atoms with Crippen LogP contribution in [0, 0.1) is 0 Å². The average Bonchev–Trinajstić information content (AvgIpc) is 2.31. The van der Waals surface area contributed by atoms with Gasteiger partial charge in [0.25, 0.3) is 0 Å². The Bertz CT molecular complexity index is 119. The molecule has 1 rings (SSSR count). The minimum absolute atomic E-state index is 0. The zero-order valence-electron chi connectivity index (χ0n) is 8.42. The van der Waals surface area contributed by atoms with Gasteiger partial charge < -0.3 is 0 Å². The highest BCUT2D eigenvalue weighted by molar-refractivity contribution is 8.93. The lowest BCUT2D eigenvalue weighted by Crippen LogP contribution is -2.34. The van der Waals surface area contributed by atoms with Crippen molar-refractivity contribution in [3.8, 4) is 0 Å². The molecule has 1 unspecified atom stereocenters. The molecule has 1 aliphatic rings. The third-order valence-electron chi connectivity index (χ3n) is 2.71. The van der Waals surface area contributed by atoms with Crippen molar-refractivity contribution in [1.82, 2.24) is 9.80 Å². The first-order valence-corrected chi connectivity index (χ1v) is 4.70. The van der Waals surface area contributed by atoms with Crippen LogP contribution in [0.5, 0.6) is 0 Å². The molecule has 1 saturated heterocycles. The van der Waals surface area contributed by atoms with Crippen molar-refractivity contribution in [3.63, 3.8) is 0 Å². The molecule has 1 fully saturated rings. The van der Waals surface area contributed by atoms with E-state index in [1.807, 2.05) is 0 Å². The van der Waals surface area contributed by atoms with E-state index in [1.54, 1.807) is 0 Å². The highest BCUT2D eigenvalue weighted by Crippen LogP contribution is 2.11. The summed E-state index contributed by atoms with van der Waals surface area (Å²) in [4.78, 5) is 4.97. The van der Waals surface area contributed by atoms with Crippen molar-refractivity contribution in [2.75, 3.05) is 26.7 Å². The van der Waals surface area contributed by atoms with E-state index in [9.17, 15) is 0 Å². The van der Waals surface area contributed by atoms with Crippen molar-refractivity contribution in [1.29, 1.82) is 0 Å². The molecule has 0 amide bonds. The standard InChI is InChI=1S/C9H20N2.BrH/c1-4-5-6-11-8-7-10(3)9(11)2;/h9H,4-8H2,1-3H3;1H. The third-order valence-corrected chi connectivity index (χ3v) is 2.71. The fourth-order valence-electron chi connectivity index (χ4n) is 1.60. The van der Waals surface area contributed by atoms with Crippen molar-refractivity contribution >= 4 is 17.0 Å². The molecule has 1 atom stereocenters. The molecule has 0 aliphatic carbocycles. The van der Waals surface area contributed by atoms with Gasteiger partial charge in [-0.2, -0.15) is 0 Å². The number of hydrogen-bond donors (Lipinski definition) is 0. The van der Waals surface area contributed by atoms with Crippen molar-refractivity contribution in [2.24, 2.45) is 0 Å². The molecule has 0 aromatic rings. The lowest BCUT2D eigenvalue weighted by Gasteiger charge is -2.23. The zero-order chi connectivity index (χ0) is 8.27. The van der Waals surface area contributed by atoms with E-state index in [0.29, 0.717) is 6.17 Å². The predicted molar refractivity (Wildman–Crippen MR) is 58.9 cm³/mol. The number of likely N-dealkylation sites (N-methyl/N-ethyl adjacent to an activating group) is 1. The summed E-state index contributed by atoms with van der Waals surface area (Å²) in [6.45, 7) is 8.33. The van der Waals surface area contributed by atoms with Crippen LogP contribution in [0.15, 0.2) is 0 Å². The molecule has 3 heteroatoms. The Balaban J connectivity index is 0.00000121. The van der Waals surface area contributed by atoms with Gasteiger partial charge in [0.1, 0.15) is 0 Å². The van der Waals surface area contributed by atoms with E-state index >= 15 is 0 Å². The molecule has 0 saturated carbocycles. The molecular weight excluding hydrogens is 216 g/mol. The molecule has 0 aromatic heterocycles. The highest BCUT2D eigenvalue weighted by Gasteiger charge is 2.23. The summed E-state index contributed by atoms with van der Waals surface area (Å²) in [6, 6.07) is 0. The lowest BCUT2D eigenvalue weighted by molar-refractivity contribution is 0.175. The monoisotopic (exact) mass is 236 g/mol. The first kappa shape index (κ1) is 12.4. The van der Waals surface area contributed by atoms with Gasteiger partial charge in [-0.3, -0.25) is 9.80 Å². The molecule has 74 valence electrons. The summed E-state index contributed by atoms with van der Waals surface area (Å²) in [5.41, 5.74) is 0. The van der Waals surface area contributed by atoms with Crippen LogP contribution >= 0.6 is 17.0 Å². The van der Waals surface area contributed by atoms with Gasteiger partial charge in [0.2, 0.25) is 0 Å². The molecule has 0 N–H and O–H groups in total. The molecule has 0 spiro atoms. The summed E-state index contributed by atoms with van der Waals surface area (Å²) in [6.07, 6.45) is 3.33. The summed E-state index contributed by atoms with van der Waals surface area (Å²) < 4.78 is 0. The Morgan fingerprint density at radius 3 is 2.42 bits per heavy atom. The van der Waals surface area contributed by atoms with Crippen molar-refractivity contribution < 1.29 is 0 Å². The fourth-order valence-corrected chi connectivity index (χ4v) is 1.60. The Morgan fingerprint density at radius 2 is 2.00 bits per heavy atom. The summed E-state index contributed by atoms with van der Waals surface area (Å²) >= 11 is 0. The number of nitrogens with zero attached hydrogens (tertiary/aromatic N) is 2. The second kappa shape index (κ2) is 5.95. The van der Waals surface area contributed by atoms with Crippen LogP contribution < -0.4 is 0 Å². The van der Waals surface area contributed by atoms with Crippen LogP contribution in [0.3, 0.4) is 0 Å². The molecule has 2 nitrogen and oxygen atoms in total. The number of unbranched alkanes of at least 4 members (excludes halogenated alkanes) is 1. The van der Waals surface area contributed by atoms with Gasteiger partial charge in [-0.15, -0.1) is 17.0 Å². The average molecular weight is 237 g/mol. The first-order chi connectivity index (χ1) is 5.25. The third kappa shape index (κ3) is 3.04.